The number of para-hydroxylation sites is 1. The number of imidazole rings is 1. The van der Waals surface area contributed by atoms with Crippen molar-refractivity contribution in [2.45, 2.75) is 32.2 Å². The highest BCUT2D eigenvalue weighted by atomic mass is 19.1. The van der Waals surface area contributed by atoms with Crippen molar-refractivity contribution >= 4 is 11.0 Å². The molecule has 0 radical (unpaired) electrons. The van der Waals surface area contributed by atoms with Crippen molar-refractivity contribution in [3.8, 4) is 0 Å². The maximum atomic E-state index is 13.5. The number of nitrogens with one attached hydrogen (secondary N) is 1. The van der Waals surface area contributed by atoms with Gasteiger partial charge in [-0.05, 0) is 25.0 Å². The Morgan fingerprint density at radius 1 is 1.38 bits per heavy atom. The van der Waals surface area contributed by atoms with Crippen LogP contribution in [0.25, 0.3) is 11.0 Å². The maximum Gasteiger partial charge on any atom is 0.151 e. The molecule has 86 valence electrons. The van der Waals surface area contributed by atoms with Crippen molar-refractivity contribution < 1.29 is 4.39 Å². The Balaban J connectivity index is 2.59. The number of rotatable bonds is 3. The molecule has 2 rings (SSSR count). The zero-order valence-electron chi connectivity index (χ0n) is 9.55. The van der Waals surface area contributed by atoms with Gasteiger partial charge in [0, 0.05) is 0 Å². The van der Waals surface area contributed by atoms with E-state index in [9.17, 15) is 4.39 Å². The SMILES string of the molecule is CCC(N)(CC)c1nc2c(F)cccc2[nH]1. The maximum absolute atomic E-state index is 13.5. The zero-order chi connectivity index (χ0) is 11.8. The van der Waals surface area contributed by atoms with Crippen molar-refractivity contribution in [2.75, 3.05) is 0 Å². The molecule has 0 spiro atoms. The second-order valence-electron chi connectivity index (χ2n) is 4.08. The number of aromatic amines is 1. The minimum absolute atomic E-state index is 0.311. The largest absolute Gasteiger partial charge is 0.340 e. The second kappa shape index (κ2) is 3.87. The molecular formula is C12H16FN3. The second-order valence-corrected chi connectivity index (χ2v) is 4.08. The first kappa shape index (κ1) is 11.1. The van der Waals surface area contributed by atoms with Crippen LogP contribution < -0.4 is 5.73 Å². The molecule has 0 unspecified atom stereocenters. The lowest BCUT2D eigenvalue weighted by molar-refractivity contribution is 0.391. The molecule has 3 nitrogen and oxygen atoms in total. The summed E-state index contributed by atoms with van der Waals surface area (Å²) < 4.78 is 13.5. The molecule has 0 saturated carbocycles. The smallest absolute Gasteiger partial charge is 0.151 e. The number of hydrogen-bond acceptors (Lipinski definition) is 2. The molecule has 0 aliphatic heterocycles. The van der Waals surface area contributed by atoms with Crippen LogP contribution in [-0.4, -0.2) is 9.97 Å². The molecule has 2 aromatic rings. The number of nitrogens with two attached hydrogens (primary N) is 1. The minimum Gasteiger partial charge on any atom is -0.340 e. The summed E-state index contributed by atoms with van der Waals surface area (Å²) >= 11 is 0. The molecule has 0 atom stereocenters. The van der Waals surface area contributed by atoms with E-state index in [0.717, 1.165) is 12.8 Å². The molecule has 3 N–H and O–H groups in total. The third-order valence-electron chi connectivity index (χ3n) is 3.20. The molecular weight excluding hydrogens is 205 g/mol. The van der Waals surface area contributed by atoms with Crippen LogP contribution in [0.4, 0.5) is 4.39 Å². The lowest BCUT2D eigenvalue weighted by Gasteiger charge is -2.23. The molecule has 16 heavy (non-hydrogen) atoms. The van der Waals surface area contributed by atoms with Gasteiger partial charge in [-0.1, -0.05) is 19.9 Å². The third-order valence-corrected chi connectivity index (χ3v) is 3.20. The molecule has 0 aliphatic rings. The van der Waals surface area contributed by atoms with E-state index in [1.807, 2.05) is 13.8 Å². The first-order chi connectivity index (χ1) is 7.60. The Morgan fingerprint density at radius 2 is 2.06 bits per heavy atom. The normalized spacial score (nSPS) is 12.2. The van der Waals surface area contributed by atoms with Crippen molar-refractivity contribution in [2.24, 2.45) is 5.73 Å². The highest BCUT2D eigenvalue weighted by molar-refractivity contribution is 5.75. The van der Waals surface area contributed by atoms with Crippen LogP contribution in [-0.2, 0) is 5.54 Å². The fourth-order valence-corrected chi connectivity index (χ4v) is 1.82. The van der Waals surface area contributed by atoms with Crippen molar-refractivity contribution in [3.63, 3.8) is 0 Å². The topological polar surface area (TPSA) is 54.7 Å². The Kier molecular flexibility index (Phi) is 2.68. The summed E-state index contributed by atoms with van der Waals surface area (Å²) in [5, 5.41) is 0. The fraction of sp³-hybridized carbons (Fsp3) is 0.417. The molecule has 0 bridgehead atoms. The van der Waals surface area contributed by atoms with Gasteiger partial charge in [0.2, 0.25) is 0 Å². The van der Waals surface area contributed by atoms with Crippen LogP contribution >= 0.6 is 0 Å². The highest BCUT2D eigenvalue weighted by Crippen LogP contribution is 2.26. The van der Waals surface area contributed by atoms with E-state index in [1.165, 1.54) is 6.07 Å². The van der Waals surface area contributed by atoms with Crippen molar-refractivity contribution in [1.82, 2.24) is 9.97 Å². The molecule has 0 saturated heterocycles. The minimum atomic E-state index is -0.495. The van der Waals surface area contributed by atoms with E-state index in [-0.39, 0.29) is 5.82 Å². The Morgan fingerprint density at radius 3 is 2.62 bits per heavy atom. The summed E-state index contributed by atoms with van der Waals surface area (Å²) in [5.41, 5.74) is 6.79. The van der Waals surface area contributed by atoms with E-state index in [0.29, 0.717) is 16.9 Å². The highest BCUT2D eigenvalue weighted by Gasteiger charge is 2.27. The van der Waals surface area contributed by atoms with Gasteiger partial charge in [0.1, 0.15) is 11.3 Å². The lowest BCUT2D eigenvalue weighted by Crippen LogP contribution is -2.36. The molecule has 0 amide bonds. The number of nitrogens with zero attached hydrogens (tertiary/aromatic N) is 1. The van der Waals surface area contributed by atoms with Gasteiger partial charge in [0.25, 0.3) is 0 Å². The van der Waals surface area contributed by atoms with Gasteiger partial charge in [-0.25, -0.2) is 9.37 Å². The predicted octanol–water partition coefficient (Wildman–Crippen LogP) is 2.68. The Bertz CT molecular complexity index is 500. The van der Waals surface area contributed by atoms with Gasteiger partial charge in [-0.15, -0.1) is 0 Å². The van der Waals surface area contributed by atoms with Gasteiger partial charge < -0.3 is 10.7 Å². The molecule has 0 aliphatic carbocycles. The van der Waals surface area contributed by atoms with Gasteiger partial charge in [0.05, 0.1) is 11.1 Å². The summed E-state index contributed by atoms with van der Waals surface area (Å²) in [7, 11) is 0. The molecule has 4 heteroatoms. The van der Waals surface area contributed by atoms with Crippen molar-refractivity contribution in [1.29, 1.82) is 0 Å². The van der Waals surface area contributed by atoms with Crippen molar-refractivity contribution in [3.05, 3.63) is 29.8 Å². The summed E-state index contributed by atoms with van der Waals surface area (Å²) in [6.07, 6.45) is 1.54. The average molecular weight is 221 g/mol. The molecule has 1 aromatic carbocycles. The third kappa shape index (κ3) is 1.59. The number of hydrogen-bond donors (Lipinski definition) is 2. The molecule has 1 heterocycles. The Hall–Kier alpha value is -1.42. The first-order valence-corrected chi connectivity index (χ1v) is 5.54. The monoisotopic (exact) mass is 221 g/mol. The van der Waals surface area contributed by atoms with Crippen LogP contribution in [0.3, 0.4) is 0 Å². The standard InChI is InChI=1S/C12H16FN3/c1-3-12(14,4-2)11-15-9-7-5-6-8(13)10(9)16-11/h5-7H,3-4,14H2,1-2H3,(H,15,16). The Labute approximate surface area is 93.9 Å². The fourth-order valence-electron chi connectivity index (χ4n) is 1.82. The van der Waals surface area contributed by atoms with E-state index in [1.54, 1.807) is 12.1 Å². The number of benzene rings is 1. The average Bonchev–Trinajstić information content (AvgIpc) is 2.74. The van der Waals surface area contributed by atoms with Crippen LogP contribution in [0.1, 0.15) is 32.5 Å². The van der Waals surface area contributed by atoms with Gasteiger partial charge in [-0.3, -0.25) is 0 Å². The molecule has 0 fully saturated rings. The van der Waals surface area contributed by atoms with Gasteiger partial charge in [0.15, 0.2) is 5.82 Å². The van der Waals surface area contributed by atoms with Crippen LogP contribution in [0, 0.1) is 5.82 Å². The number of H-pyrrole nitrogens is 1. The van der Waals surface area contributed by atoms with Gasteiger partial charge >= 0.3 is 0 Å². The van der Waals surface area contributed by atoms with E-state index >= 15 is 0 Å². The summed E-state index contributed by atoms with van der Waals surface area (Å²) in [5.74, 6) is 0.354. The number of aromatic nitrogens is 2. The van der Waals surface area contributed by atoms with E-state index < -0.39 is 5.54 Å². The quantitative estimate of drug-likeness (QED) is 0.837. The number of halogens is 1. The van der Waals surface area contributed by atoms with E-state index in [2.05, 4.69) is 9.97 Å². The predicted molar refractivity (Wildman–Crippen MR) is 62.5 cm³/mol. The van der Waals surface area contributed by atoms with Crippen LogP contribution in [0.2, 0.25) is 0 Å². The zero-order valence-corrected chi connectivity index (χ0v) is 9.55. The summed E-state index contributed by atoms with van der Waals surface area (Å²) in [4.78, 5) is 7.37. The molecule has 1 aromatic heterocycles. The first-order valence-electron chi connectivity index (χ1n) is 5.54. The summed E-state index contributed by atoms with van der Waals surface area (Å²) in [6, 6.07) is 4.87. The van der Waals surface area contributed by atoms with Crippen LogP contribution in [0.15, 0.2) is 18.2 Å². The lowest BCUT2D eigenvalue weighted by atomic mass is 9.93. The summed E-state index contributed by atoms with van der Waals surface area (Å²) in [6.45, 7) is 4.01. The van der Waals surface area contributed by atoms with E-state index in [4.69, 9.17) is 5.73 Å². The number of fused-ring (bicyclic) bond motifs is 1. The van der Waals surface area contributed by atoms with Gasteiger partial charge in [-0.2, -0.15) is 0 Å². The van der Waals surface area contributed by atoms with Crippen LogP contribution in [0.5, 0.6) is 0 Å².